The van der Waals surface area contributed by atoms with Crippen molar-refractivity contribution in [3.8, 4) is 0 Å². The van der Waals surface area contributed by atoms with Crippen LogP contribution in [0, 0.1) is 12.7 Å². The van der Waals surface area contributed by atoms with Crippen molar-refractivity contribution in [3.63, 3.8) is 0 Å². The molecule has 0 fully saturated rings. The number of rotatable bonds is 5. The number of benzene rings is 2. The number of amides is 2. The molecule has 28 heavy (non-hydrogen) atoms. The third kappa shape index (κ3) is 4.92. The molecule has 0 atom stereocenters. The van der Waals surface area contributed by atoms with Gasteiger partial charge in [0.15, 0.2) is 0 Å². The topological polar surface area (TPSA) is 71.1 Å². The van der Waals surface area contributed by atoms with Crippen LogP contribution in [0.25, 0.3) is 0 Å². The van der Waals surface area contributed by atoms with Gasteiger partial charge in [-0.25, -0.2) is 4.39 Å². The maximum absolute atomic E-state index is 13.2. The van der Waals surface area contributed by atoms with Crippen LogP contribution in [0.3, 0.4) is 0 Å². The van der Waals surface area contributed by atoms with Crippen molar-refractivity contribution in [2.75, 3.05) is 5.32 Å². The molecule has 142 valence electrons. The zero-order valence-corrected chi connectivity index (χ0v) is 15.8. The molecule has 0 saturated carbocycles. The first-order chi connectivity index (χ1) is 13.4. The molecule has 3 rings (SSSR count). The lowest BCUT2D eigenvalue weighted by atomic mass is 10.1. The van der Waals surface area contributed by atoms with Crippen LogP contribution >= 0.6 is 11.6 Å². The van der Waals surface area contributed by atoms with Gasteiger partial charge in [0.1, 0.15) is 11.5 Å². The van der Waals surface area contributed by atoms with Gasteiger partial charge in [-0.2, -0.15) is 0 Å². The largest absolute Gasteiger partial charge is 0.347 e. The van der Waals surface area contributed by atoms with Crippen molar-refractivity contribution in [1.82, 2.24) is 10.3 Å². The predicted octanol–water partition coefficient (Wildman–Crippen LogP) is 4.36. The van der Waals surface area contributed by atoms with Crippen molar-refractivity contribution in [2.24, 2.45) is 0 Å². The number of carbonyl (C=O) groups is 2. The average molecular weight is 398 g/mol. The predicted molar refractivity (Wildman–Crippen MR) is 106 cm³/mol. The van der Waals surface area contributed by atoms with E-state index in [1.807, 2.05) is 31.2 Å². The minimum absolute atomic E-state index is 0.0938. The molecule has 2 aromatic carbocycles. The van der Waals surface area contributed by atoms with Gasteiger partial charge in [-0.3, -0.25) is 14.6 Å². The van der Waals surface area contributed by atoms with Crippen molar-refractivity contribution in [3.05, 3.63) is 94.0 Å². The van der Waals surface area contributed by atoms with Crippen molar-refractivity contribution in [2.45, 2.75) is 13.5 Å². The molecule has 0 unspecified atom stereocenters. The molecule has 7 heteroatoms. The molecule has 2 amide bonds. The van der Waals surface area contributed by atoms with E-state index in [4.69, 9.17) is 11.6 Å². The van der Waals surface area contributed by atoms with Gasteiger partial charge >= 0.3 is 0 Å². The Kier molecular flexibility index (Phi) is 6.01. The fourth-order valence-corrected chi connectivity index (χ4v) is 2.63. The number of pyridine rings is 1. The highest BCUT2D eigenvalue weighted by Crippen LogP contribution is 2.20. The molecule has 5 nitrogen and oxygen atoms in total. The first kappa shape index (κ1) is 19.5. The van der Waals surface area contributed by atoms with Gasteiger partial charge in [0.25, 0.3) is 11.8 Å². The number of aromatic nitrogens is 1. The van der Waals surface area contributed by atoms with Crippen LogP contribution in [0.1, 0.15) is 32.0 Å². The van der Waals surface area contributed by atoms with Gasteiger partial charge in [-0.15, -0.1) is 0 Å². The lowest BCUT2D eigenvalue weighted by Gasteiger charge is -2.08. The second-order valence-corrected chi connectivity index (χ2v) is 6.59. The van der Waals surface area contributed by atoms with E-state index in [1.165, 1.54) is 30.5 Å². The first-order valence-electron chi connectivity index (χ1n) is 8.48. The Morgan fingerprint density at radius 3 is 2.50 bits per heavy atom. The Labute approximate surface area is 166 Å². The minimum Gasteiger partial charge on any atom is -0.347 e. The quantitative estimate of drug-likeness (QED) is 0.671. The van der Waals surface area contributed by atoms with E-state index in [0.29, 0.717) is 12.2 Å². The molecular weight excluding hydrogens is 381 g/mol. The summed E-state index contributed by atoms with van der Waals surface area (Å²) in [5.41, 5.74) is 2.81. The summed E-state index contributed by atoms with van der Waals surface area (Å²) in [6.45, 7) is 2.34. The average Bonchev–Trinajstić information content (AvgIpc) is 2.70. The second-order valence-electron chi connectivity index (χ2n) is 6.18. The van der Waals surface area contributed by atoms with E-state index in [1.54, 1.807) is 0 Å². The van der Waals surface area contributed by atoms with Crippen LogP contribution in [0.4, 0.5) is 10.1 Å². The van der Waals surface area contributed by atoms with Gasteiger partial charge in [-0.05, 0) is 42.8 Å². The van der Waals surface area contributed by atoms with Crippen molar-refractivity contribution < 1.29 is 14.0 Å². The van der Waals surface area contributed by atoms with E-state index in [-0.39, 0.29) is 22.2 Å². The number of nitrogens with zero attached hydrogens (tertiary/aromatic N) is 1. The number of carbonyl (C=O) groups excluding carboxylic acids is 2. The summed E-state index contributed by atoms with van der Waals surface area (Å²) in [6.07, 6.45) is 1.38. The minimum atomic E-state index is -0.573. The van der Waals surface area contributed by atoms with E-state index in [2.05, 4.69) is 15.6 Å². The summed E-state index contributed by atoms with van der Waals surface area (Å²) >= 11 is 5.71. The zero-order valence-electron chi connectivity index (χ0n) is 15.0. The van der Waals surface area contributed by atoms with Gasteiger partial charge in [0.05, 0.1) is 5.02 Å². The molecular formula is C21H17ClFN3O2. The van der Waals surface area contributed by atoms with Gasteiger partial charge in [-0.1, -0.05) is 41.4 Å². The van der Waals surface area contributed by atoms with Crippen LogP contribution < -0.4 is 10.6 Å². The maximum Gasteiger partial charge on any atom is 0.270 e. The summed E-state index contributed by atoms with van der Waals surface area (Å²) in [5, 5.41) is 5.28. The lowest BCUT2D eigenvalue weighted by molar-refractivity contribution is 0.0946. The Balaban J connectivity index is 1.66. The number of nitrogens with one attached hydrogen (secondary N) is 2. The number of anilines is 1. The van der Waals surface area contributed by atoms with Crippen LogP contribution in [0.15, 0.2) is 60.8 Å². The highest BCUT2D eigenvalue weighted by molar-refractivity contribution is 6.31. The molecule has 3 aromatic rings. The summed E-state index contributed by atoms with van der Waals surface area (Å²) in [6, 6.07) is 14.5. The normalized spacial score (nSPS) is 10.4. The molecule has 1 aromatic heterocycles. The summed E-state index contributed by atoms with van der Waals surface area (Å²) in [4.78, 5) is 28.7. The van der Waals surface area contributed by atoms with E-state index >= 15 is 0 Å². The van der Waals surface area contributed by atoms with E-state index in [9.17, 15) is 14.0 Å². The zero-order chi connectivity index (χ0) is 20.1. The molecule has 1 heterocycles. The molecule has 0 aliphatic rings. The first-order valence-corrected chi connectivity index (χ1v) is 8.86. The van der Waals surface area contributed by atoms with Gasteiger partial charge in [0, 0.05) is 24.0 Å². The number of hydrogen-bond acceptors (Lipinski definition) is 3. The lowest BCUT2D eigenvalue weighted by Crippen LogP contribution is -2.24. The standard InChI is InChI=1S/C21H17ClFN3O2/c1-13-2-4-14(5-3-13)12-25-21(28)19-10-15(8-9-24-19)20(27)26-16-6-7-18(23)17(22)11-16/h2-11H,12H2,1H3,(H,25,28)(H,26,27). The molecule has 0 spiro atoms. The monoisotopic (exact) mass is 397 g/mol. The van der Waals surface area contributed by atoms with Crippen LogP contribution in [-0.2, 0) is 6.54 Å². The maximum atomic E-state index is 13.2. The van der Waals surface area contributed by atoms with Gasteiger partial charge < -0.3 is 10.6 Å². The Bertz CT molecular complexity index is 1020. The fraction of sp³-hybridized carbons (Fsp3) is 0.0952. The Hall–Kier alpha value is -3.25. The number of aryl methyl sites for hydroxylation is 1. The molecule has 2 N–H and O–H groups in total. The Morgan fingerprint density at radius 2 is 1.79 bits per heavy atom. The van der Waals surface area contributed by atoms with Crippen LogP contribution in [0.2, 0.25) is 5.02 Å². The highest BCUT2D eigenvalue weighted by atomic mass is 35.5. The van der Waals surface area contributed by atoms with Crippen LogP contribution in [0.5, 0.6) is 0 Å². The van der Waals surface area contributed by atoms with E-state index < -0.39 is 11.7 Å². The fourth-order valence-electron chi connectivity index (χ4n) is 2.45. The number of hydrogen-bond donors (Lipinski definition) is 2. The molecule has 0 radical (unpaired) electrons. The Morgan fingerprint density at radius 1 is 1.04 bits per heavy atom. The third-order valence-corrected chi connectivity index (χ3v) is 4.30. The smallest absolute Gasteiger partial charge is 0.270 e. The van der Waals surface area contributed by atoms with E-state index in [0.717, 1.165) is 17.2 Å². The van der Waals surface area contributed by atoms with Gasteiger partial charge in [0.2, 0.25) is 0 Å². The third-order valence-electron chi connectivity index (χ3n) is 4.01. The SMILES string of the molecule is Cc1ccc(CNC(=O)c2cc(C(=O)Nc3ccc(F)c(Cl)c3)ccn2)cc1. The summed E-state index contributed by atoms with van der Waals surface area (Å²) in [7, 11) is 0. The molecule has 0 aliphatic heterocycles. The molecule has 0 bridgehead atoms. The molecule has 0 aliphatic carbocycles. The summed E-state index contributed by atoms with van der Waals surface area (Å²) in [5.74, 6) is -1.42. The molecule has 0 saturated heterocycles. The summed E-state index contributed by atoms with van der Waals surface area (Å²) < 4.78 is 13.2. The number of halogens is 2. The highest BCUT2D eigenvalue weighted by Gasteiger charge is 2.13. The van der Waals surface area contributed by atoms with Crippen molar-refractivity contribution >= 4 is 29.1 Å². The van der Waals surface area contributed by atoms with Crippen LogP contribution in [-0.4, -0.2) is 16.8 Å². The second kappa shape index (κ2) is 8.63. The van der Waals surface area contributed by atoms with Crippen molar-refractivity contribution in [1.29, 1.82) is 0 Å².